The summed E-state index contributed by atoms with van der Waals surface area (Å²) < 4.78 is 0. The summed E-state index contributed by atoms with van der Waals surface area (Å²) >= 11 is 0. The van der Waals surface area contributed by atoms with Crippen molar-refractivity contribution < 1.29 is 15.3 Å². The smallest absolute Gasteiger partial charge is 0.125 e. The van der Waals surface area contributed by atoms with Gasteiger partial charge in [-0.15, -0.1) is 0 Å². The minimum absolute atomic E-state index is 0.0526. The van der Waals surface area contributed by atoms with Gasteiger partial charge in [0.05, 0.1) is 25.6 Å². The van der Waals surface area contributed by atoms with Crippen molar-refractivity contribution in [2.24, 2.45) is 5.92 Å². The van der Waals surface area contributed by atoms with Crippen molar-refractivity contribution >= 4 is 0 Å². The molecule has 1 saturated carbocycles. The fourth-order valence-corrected chi connectivity index (χ4v) is 3.40. The Hall–Kier alpha value is -0.160. The summed E-state index contributed by atoms with van der Waals surface area (Å²) in [5, 5.41) is 19.9. The Bertz CT molecular complexity index is 205. The van der Waals surface area contributed by atoms with Gasteiger partial charge in [0.1, 0.15) is 6.04 Å². The lowest BCUT2D eigenvalue weighted by Crippen LogP contribution is -3.16. The molecule has 3 unspecified atom stereocenters. The van der Waals surface area contributed by atoms with Crippen LogP contribution in [0.3, 0.4) is 0 Å². The average molecular weight is 229 g/mol. The minimum Gasteiger partial charge on any atom is -0.600 e. The maximum absolute atomic E-state index is 11.2. The van der Waals surface area contributed by atoms with Crippen molar-refractivity contribution in [3.8, 4) is 0 Å². The Morgan fingerprint density at radius 3 is 2.44 bits per heavy atom. The van der Waals surface area contributed by atoms with Crippen LogP contribution >= 0.6 is 0 Å². The second kappa shape index (κ2) is 5.96. The van der Waals surface area contributed by atoms with Crippen LogP contribution in [-0.2, 0) is 0 Å². The van der Waals surface area contributed by atoms with E-state index in [1.165, 1.54) is 38.8 Å². The molecule has 1 saturated heterocycles. The van der Waals surface area contributed by atoms with Crippen molar-refractivity contribution in [2.45, 2.75) is 51.0 Å². The number of nitrogens with one attached hydrogen (secondary N) is 2. The molecule has 2 aliphatic rings. The van der Waals surface area contributed by atoms with E-state index in [1.54, 1.807) is 4.90 Å². The van der Waals surface area contributed by atoms with E-state index in [4.69, 9.17) is 0 Å². The van der Waals surface area contributed by atoms with Crippen molar-refractivity contribution in [3.05, 3.63) is 5.21 Å². The molecule has 0 bridgehead atoms. The second-order valence-corrected chi connectivity index (χ2v) is 5.50. The van der Waals surface area contributed by atoms with Crippen LogP contribution in [0.25, 0.3) is 0 Å². The lowest BCUT2D eigenvalue weighted by molar-refractivity contribution is -1.07. The Labute approximate surface area is 97.8 Å². The Morgan fingerprint density at radius 1 is 1.06 bits per heavy atom. The maximum Gasteiger partial charge on any atom is 0.125 e. The van der Waals surface area contributed by atoms with E-state index in [2.05, 4.69) is 0 Å². The third-order valence-corrected chi connectivity index (χ3v) is 4.34. The van der Waals surface area contributed by atoms with E-state index in [-0.39, 0.29) is 6.04 Å². The number of quaternary nitrogens is 2. The normalized spacial score (nSPS) is 34.9. The van der Waals surface area contributed by atoms with Crippen LogP contribution in [0.1, 0.15) is 44.9 Å². The van der Waals surface area contributed by atoms with E-state index in [9.17, 15) is 10.4 Å². The summed E-state index contributed by atoms with van der Waals surface area (Å²) in [6.07, 6.45) is 8.44. The van der Waals surface area contributed by atoms with E-state index in [0.29, 0.717) is 5.92 Å². The van der Waals surface area contributed by atoms with E-state index < -0.39 is 5.23 Å². The van der Waals surface area contributed by atoms with E-state index >= 15 is 0 Å². The molecule has 0 aromatic rings. The predicted molar refractivity (Wildman–Crippen MR) is 61.3 cm³/mol. The highest BCUT2D eigenvalue weighted by Gasteiger charge is 2.33. The monoisotopic (exact) mass is 229 g/mol. The van der Waals surface area contributed by atoms with Crippen LogP contribution in [0.5, 0.6) is 0 Å². The number of hydrogen-bond donors (Lipinski definition) is 3. The third-order valence-electron chi connectivity index (χ3n) is 4.34. The first kappa shape index (κ1) is 12.3. The van der Waals surface area contributed by atoms with Gasteiger partial charge in [-0.25, -0.2) is 10.4 Å². The molecular weight excluding hydrogens is 204 g/mol. The van der Waals surface area contributed by atoms with Crippen LogP contribution in [0.15, 0.2) is 0 Å². The number of piperidine rings is 1. The second-order valence-electron chi connectivity index (χ2n) is 5.50. The van der Waals surface area contributed by atoms with Gasteiger partial charge in [-0.05, 0) is 32.1 Å². The fourth-order valence-electron chi connectivity index (χ4n) is 3.40. The molecule has 1 aliphatic carbocycles. The summed E-state index contributed by atoms with van der Waals surface area (Å²) in [5.74, 6) is 0.444. The van der Waals surface area contributed by atoms with Crippen molar-refractivity contribution in [2.75, 3.05) is 19.6 Å². The highest BCUT2D eigenvalue weighted by molar-refractivity contribution is 4.74. The van der Waals surface area contributed by atoms with Crippen LogP contribution in [0.2, 0.25) is 0 Å². The van der Waals surface area contributed by atoms with Crippen LogP contribution in [0.4, 0.5) is 0 Å². The first-order valence-corrected chi connectivity index (χ1v) is 6.84. The third kappa shape index (κ3) is 3.17. The lowest BCUT2D eigenvalue weighted by atomic mass is 9.84. The molecule has 4 heteroatoms. The fraction of sp³-hybridized carbons (Fsp3) is 1.00. The zero-order chi connectivity index (χ0) is 11.4. The quantitative estimate of drug-likeness (QED) is 0.565. The maximum atomic E-state index is 11.2. The molecule has 1 heterocycles. The van der Waals surface area contributed by atoms with Crippen LogP contribution in [0, 0.1) is 11.1 Å². The molecule has 2 rings (SSSR count). The first-order chi connectivity index (χ1) is 7.77. The van der Waals surface area contributed by atoms with Crippen LogP contribution < -0.4 is 10.1 Å². The van der Waals surface area contributed by atoms with Gasteiger partial charge in [0, 0.05) is 6.42 Å². The van der Waals surface area contributed by atoms with Gasteiger partial charge in [0.2, 0.25) is 0 Å². The van der Waals surface area contributed by atoms with Gasteiger partial charge < -0.3 is 10.1 Å². The SMILES string of the molecule is [O-][NH+](O)C1CCCCC1C[NH+]1CCCCC1. The van der Waals surface area contributed by atoms with Crippen molar-refractivity contribution in [1.82, 2.24) is 0 Å². The number of hydroxylamine groups is 2. The molecule has 0 spiro atoms. The molecule has 3 N–H and O–H groups in total. The molecule has 0 amide bonds. The molecule has 0 aromatic heterocycles. The molecule has 16 heavy (non-hydrogen) atoms. The standard InChI is InChI=1S/C12H24N2O2/c15-14(16)12-7-3-2-6-11(12)10-13-8-4-1-5-9-13/h11-12,14-15H,1-10H2/p+1. The van der Waals surface area contributed by atoms with Gasteiger partial charge in [-0.1, -0.05) is 6.42 Å². The Kier molecular flexibility index (Phi) is 4.58. The molecular formula is C12H25N2O2+. The van der Waals surface area contributed by atoms with Gasteiger partial charge >= 0.3 is 0 Å². The zero-order valence-electron chi connectivity index (χ0n) is 10.1. The number of rotatable bonds is 3. The molecule has 4 nitrogen and oxygen atoms in total. The summed E-state index contributed by atoms with van der Waals surface area (Å²) in [6.45, 7) is 3.64. The van der Waals surface area contributed by atoms with Gasteiger partial charge in [0.15, 0.2) is 0 Å². The van der Waals surface area contributed by atoms with Crippen LogP contribution in [-0.4, -0.2) is 30.9 Å². The molecule has 3 atom stereocenters. The van der Waals surface area contributed by atoms with Crippen molar-refractivity contribution in [3.63, 3.8) is 0 Å². The summed E-state index contributed by atoms with van der Waals surface area (Å²) in [4.78, 5) is 1.66. The lowest BCUT2D eigenvalue weighted by Gasteiger charge is -2.36. The van der Waals surface area contributed by atoms with Gasteiger partial charge in [0.25, 0.3) is 0 Å². The summed E-state index contributed by atoms with van der Waals surface area (Å²) in [5.41, 5.74) is 0. The minimum atomic E-state index is -0.555. The molecule has 0 aromatic carbocycles. The summed E-state index contributed by atoms with van der Waals surface area (Å²) in [7, 11) is 0. The predicted octanol–water partition coefficient (Wildman–Crippen LogP) is -0.614. The zero-order valence-corrected chi connectivity index (χ0v) is 10.1. The Balaban J connectivity index is 1.85. The first-order valence-electron chi connectivity index (χ1n) is 6.84. The number of likely N-dealkylation sites (tertiary alicyclic amines) is 1. The molecule has 1 aliphatic heterocycles. The van der Waals surface area contributed by atoms with E-state index in [1.807, 2.05) is 0 Å². The Morgan fingerprint density at radius 2 is 1.75 bits per heavy atom. The van der Waals surface area contributed by atoms with E-state index in [0.717, 1.165) is 25.8 Å². The average Bonchev–Trinajstić information content (AvgIpc) is 2.31. The summed E-state index contributed by atoms with van der Waals surface area (Å²) in [6, 6.07) is -0.0526. The van der Waals surface area contributed by atoms with Crippen molar-refractivity contribution in [1.29, 1.82) is 0 Å². The van der Waals surface area contributed by atoms with Gasteiger partial charge in [-0.3, -0.25) is 0 Å². The largest absolute Gasteiger partial charge is 0.600 e. The topological polar surface area (TPSA) is 52.2 Å². The highest BCUT2D eigenvalue weighted by atomic mass is 16.8. The highest BCUT2D eigenvalue weighted by Crippen LogP contribution is 2.21. The molecule has 2 fully saturated rings. The number of hydrogen-bond acceptors (Lipinski definition) is 2. The molecule has 94 valence electrons. The molecule has 0 radical (unpaired) electrons. The van der Waals surface area contributed by atoms with Gasteiger partial charge in [-0.2, -0.15) is 0 Å².